The average molecular weight is 491 g/mol. The molecule has 0 amide bonds. The van der Waals surface area contributed by atoms with Crippen LogP contribution in [0.3, 0.4) is 0 Å². The van der Waals surface area contributed by atoms with Crippen LogP contribution >= 0.6 is 0 Å². The van der Waals surface area contributed by atoms with Crippen LogP contribution < -0.4 is 0 Å². The maximum Gasteiger partial charge on any atom is 0.312 e. The molecular weight excluding hydrogens is 445 g/mol. The van der Waals surface area contributed by atoms with Gasteiger partial charge in [-0.2, -0.15) is 0 Å². The summed E-state index contributed by atoms with van der Waals surface area (Å²) in [6.07, 6.45) is 0. The van der Waals surface area contributed by atoms with Crippen molar-refractivity contribution in [3.05, 3.63) is 0 Å². The Bertz CT molecular complexity index is 354. The highest BCUT2D eigenvalue weighted by molar-refractivity contribution is 6.80. The first kappa shape index (κ1) is 29.5. The lowest BCUT2D eigenvalue weighted by molar-refractivity contribution is 0.362. The van der Waals surface area contributed by atoms with E-state index >= 15 is 0 Å². The Morgan fingerprint density at radius 1 is 0.462 bits per heavy atom. The van der Waals surface area contributed by atoms with Gasteiger partial charge in [-0.1, -0.05) is 0 Å². The summed E-state index contributed by atoms with van der Waals surface area (Å²) >= 11 is 0. The van der Waals surface area contributed by atoms with E-state index in [1.165, 1.54) is 0 Å². The molecule has 0 fully saturated rings. The molecule has 0 radical (unpaired) electrons. The molecule has 1 unspecified atom stereocenters. The Balaban J connectivity index is 0. The van der Waals surface area contributed by atoms with Crippen LogP contribution in [0, 0.1) is 0 Å². The molecule has 0 heterocycles. The maximum atomic E-state index is 5.96. The monoisotopic (exact) mass is 490 g/mol. The quantitative estimate of drug-likeness (QED) is 0.431. The maximum absolute atomic E-state index is 5.96. The highest BCUT2D eigenvalue weighted by atomic mass is 28.5. The van der Waals surface area contributed by atoms with Gasteiger partial charge in [0.2, 0.25) is 0 Å². The fourth-order valence-electron chi connectivity index (χ4n) is 2.43. The van der Waals surface area contributed by atoms with E-state index in [0.29, 0.717) is 0 Å². The van der Waals surface area contributed by atoms with E-state index in [1.807, 2.05) is 0 Å². The largest absolute Gasteiger partial charge is 0.442 e. The van der Waals surface area contributed by atoms with Crippen molar-refractivity contribution in [1.29, 1.82) is 0 Å². The van der Waals surface area contributed by atoms with Gasteiger partial charge < -0.3 is 20.6 Å². The molecule has 26 heavy (non-hydrogen) atoms. The molecule has 0 saturated carbocycles. The summed E-state index contributed by atoms with van der Waals surface area (Å²) in [6, 6.07) is 0. The standard InChI is InChI=1S/C7H24O3Si4.C7H22O2Si3/c1-11(2)8-13(5)10-14(6,7)9-12(3)4;1-10(8-11(2,3)4)9-12(5,6)7/h11-13H,1-7H3;10H,1-7H3. The van der Waals surface area contributed by atoms with Crippen molar-refractivity contribution in [2.45, 2.75) is 91.7 Å². The zero-order valence-corrected chi connectivity index (χ0v) is 27.5. The van der Waals surface area contributed by atoms with Gasteiger partial charge in [0.25, 0.3) is 18.6 Å². The first-order chi connectivity index (χ1) is 11.3. The Labute approximate surface area is 173 Å². The van der Waals surface area contributed by atoms with Crippen LogP contribution in [-0.2, 0) is 20.6 Å². The first-order valence-electron chi connectivity index (χ1n) is 9.69. The smallest absolute Gasteiger partial charge is 0.312 e. The summed E-state index contributed by atoms with van der Waals surface area (Å²) in [5, 5.41) is 0. The third kappa shape index (κ3) is 23.4. The molecule has 0 aliphatic rings. The second kappa shape index (κ2) is 12.8. The van der Waals surface area contributed by atoms with E-state index < -0.39 is 61.8 Å². The third-order valence-corrected chi connectivity index (χ3v) is 22.2. The van der Waals surface area contributed by atoms with E-state index in [0.717, 1.165) is 0 Å². The molecule has 1 atom stereocenters. The topological polar surface area (TPSA) is 46.2 Å². The molecule has 0 aromatic rings. The summed E-state index contributed by atoms with van der Waals surface area (Å²) in [4.78, 5) is 0. The van der Waals surface area contributed by atoms with Crippen molar-refractivity contribution in [1.82, 2.24) is 0 Å². The van der Waals surface area contributed by atoms with Gasteiger partial charge in [-0.3, -0.25) is 0 Å². The molecule has 0 rings (SSSR count). The van der Waals surface area contributed by atoms with Crippen LogP contribution in [0.1, 0.15) is 0 Å². The van der Waals surface area contributed by atoms with Crippen molar-refractivity contribution >= 4 is 61.8 Å². The number of rotatable bonds is 10. The van der Waals surface area contributed by atoms with E-state index in [2.05, 4.69) is 91.7 Å². The lowest BCUT2D eigenvalue weighted by atomic mass is 11.8. The second-order valence-corrected chi connectivity index (χ2v) is 32.0. The molecular formula is C14H46O5Si7. The lowest BCUT2D eigenvalue weighted by Gasteiger charge is -2.29. The molecule has 160 valence electrons. The Morgan fingerprint density at radius 2 is 0.846 bits per heavy atom. The molecule has 0 aliphatic carbocycles. The minimum Gasteiger partial charge on any atom is -0.442 e. The molecule has 12 heteroatoms. The molecule has 0 aromatic heterocycles. The Hall–Kier alpha value is 1.32. The molecule has 0 saturated heterocycles. The minimum absolute atomic E-state index is 0.939. The predicted octanol–water partition coefficient (Wildman–Crippen LogP) is 4.09. The highest BCUT2D eigenvalue weighted by Crippen LogP contribution is 2.12. The summed E-state index contributed by atoms with van der Waals surface area (Å²) in [7, 11) is -9.26. The summed E-state index contributed by atoms with van der Waals surface area (Å²) in [5.41, 5.74) is 0. The summed E-state index contributed by atoms with van der Waals surface area (Å²) in [6.45, 7) is 30.5. The van der Waals surface area contributed by atoms with Crippen LogP contribution in [0.25, 0.3) is 0 Å². The first-order valence-corrected chi connectivity index (χ1v) is 29.1. The van der Waals surface area contributed by atoms with Crippen molar-refractivity contribution in [2.24, 2.45) is 0 Å². The zero-order chi connectivity index (χ0) is 21.3. The van der Waals surface area contributed by atoms with Gasteiger partial charge in [-0.15, -0.1) is 0 Å². The summed E-state index contributed by atoms with van der Waals surface area (Å²) in [5.74, 6) is 0. The molecule has 0 aliphatic heterocycles. The number of hydrogen-bond donors (Lipinski definition) is 0. The third-order valence-electron chi connectivity index (χ3n) is 2.47. The molecule has 0 spiro atoms. The van der Waals surface area contributed by atoms with Gasteiger partial charge in [0.05, 0.1) is 0 Å². The Kier molecular flexibility index (Phi) is 14.5. The lowest BCUT2D eigenvalue weighted by Crippen LogP contribution is -2.44. The van der Waals surface area contributed by atoms with Crippen LogP contribution in [-0.4, -0.2) is 61.8 Å². The van der Waals surface area contributed by atoms with Gasteiger partial charge in [0, 0.05) is 0 Å². The van der Waals surface area contributed by atoms with E-state index in [-0.39, 0.29) is 0 Å². The average Bonchev–Trinajstić information content (AvgIpc) is 2.17. The van der Waals surface area contributed by atoms with Gasteiger partial charge in [-0.05, 0) is 91.7 Å². The van der Waals surface area contributed by atoms with Crippen molar-refractivity contribution in [3.8, 4) is 0 Å². The fraction of sp³-hybridized carbons (Fsp3) is 1.00. The number of hydrogen-bond acceptors (Lipinski definition) is 5. The SMILES string of the molecule is C[SiH](C)O[SiH](C)O[Si](C)(C)O[SiH](C)C.C[SiH](O[Si](C)(C)C)O[Si](C)(C)C. The van der Waals surface area contributed by atoms with E-state index in [9.17, 15) is 0 Å². The second-order valence-electron chi connectivity index (χ2n) is 9.46. The van der Waals surface area contributed by atoms with Gasteiger partial charge >= 0.3 is 8.56 Å². The Morgan fingerprint density at radius 3 is 1.12 bits per heavy atom. The van der Waals surface area contributed by atoms with Gasteiger partial charge in [0.1, 0.15) is 0 Å². The van der Waals surface area contributed by atoms with E-state index in [1.54, 1.807) is 0 Å². The van der Waals surface area contributed by atoms with Gasteiger partial charge in [-0.25, -0.2) is 0 Å². The summed E-state index contributed by atoms with van der Waals surface area (Å²) < 4.78 is 29.5. The van der Waals surface area contributed by atoms with Crippen molar-refractivity contribution in [2.75, 3.05) is 0 Å². The van der Waals surface area contributed by atoms with E-state index in [4.69, 9.17) is 20.6 Å². The van der Waals surface area contributed by atoms with Crippen LogP contribution in [0.5, 0.6) is 0 Å². The van der Waals surface area contributed by atoms with Crippen LogP contribution in [0.4, 0.5) is 0 Å². The zero-order valence-electron chi connectivity index (χ0n) is 19.9. The minimum atomic E-state index is -1.88. The molecule has 0 N–H and O–H groups in total. The highest BCUT2D eigenvalue weighted by Gasteiger charge is 2.29. The van der Waals surface area contributed by atoms with Crippen molar-refractivity contribution < 1.29 is 20.6 Å². The van der Waals surface area contributed by atoms with Crippen LogP contribution in [0.2, 0.25) is 91.7 Å². The predicted molar refractivity (Wildman–Crippen MR) is 133 cm³/mol. The van der Waals surface area contributed by atoms with Crippen LogP contribution in [0.15, 0.2) is 0 Å². The van der Waals surface area contributed by atoms with Gasteiger partial charge in [0.15, 0.2) is 34.7 Å². The molecule has 0 bridgehead atoms. The van der Waals surface area contributed by atoms with Crippen molar-refractivity contribution in [3.63, 3.8) is 0 Å². The fourth-order valence-corrected chi connectivity index (χ4v) is 23.3. The molecule has 5 nitrogen and oxygen atoms in total. The molecule has 0 aromatic carbocycles. The normalized spacial score (nSPS) is 14.7.